The van der Waals surface area contributed by atoms with E-state index in [9.17, 15) is 9.90 Å². The summed E-state index contributed by atoms with van der Waals surface area (Å²) in [5.74, 6) is -0.515. The largest absolute Gasteiger partial charge is 0.479 e. The van der Waals surface area contributed by atoms with Gasteiger partial charge >= 0.3 is 5.97 Å². The monoisotopic (exact) mass is 244 g/mol. The van der Waals surface area contributed by atoms with Gasteiger partial charge in [0.25, 0.3) is 0 Å². The number of carbonyl (C=O) groups is 1. The van der Waals surface area contributed by atoms with E-state index in [0.717, 1.165) is 6.42 Å². The van der Waals surface area contributed by atoms with Crippen molar-refractivity contribution < 1.29 is 19.7 Å². The van der Waals surface area contributed by atoms with E-state index in [2.05, 4.69) is 20.8 Å². The van der Waals surface area contributed by atoms with E-state index >= 15 is 0 Å². The Morgan fingerprint density at radius 3 is 2.53 bits per heavy atom. The van der Waals surface area contributed by atoms with E-state index in [-0.39, 0.29) is 12.0 Å². The molecule has 0 aromatic carbocycles. The minimum absolute atomic E-state index is 0.00469. The highest BCUT2D eigenvalue weighted by atomic mass is 16.5. The number of hydrogen-bond donors (Lipinski definition) is 2. The Hall–Kier alpha value is -0.610. The van der Waals surface area contributed by atoms with Gasteiger partial charge in [0.05, 0.1) is 6.61 Å². The number of aliphatic hydroxyl groups excluding tert-OH is 1. The average molecular weight is 244 g/mol. The summed E-state index contributed by atoms with van der Waals surface area (Å²) in [6.07, 6.45) is 2.64. The minimum atomic E-state index is -1.06. The summed E-state index contributed by atoms with van der Waals surface area (Å²) in [4.78, 5) is 11.5. The van der Waals surface area contributed by atoms with Gasteiger partial charge in [0.1, 0.15) is 0 Å². The third kappa shape index (κ3) is 3.68. The van der Waals surface area contributed by atoms with Gasteiger partial charge in [-0.1, -0.05) is 20.8 Å². The van der Waals surface area contributed by atoms with E-state index in [1.807, 2.05) is 0 Å². The fourth-order valence-electron chi connectivity index (χ4n) is 3.16. The van der Waals surface area contributed by atoms with Crippen molar-refractivity contribution in [2.24, 2.45) is 11.3 Å². The molecule has 0 aromatic rings. The second-order valence-corrected chi connectivity index (χ2v) is 6.08. The fourth-order valence-corrected chi connectivity index (χ4v) is 3.16. The maximum absolute atomic E-state index is 11.5. The Morgan fingerprint density at radius 2 is 2.06 bits per heavy atom. The Morgan fingerprint density at radius 1 is 1.41 bits per heavy atom. The van der Waals surface area contributed by atoms with Gasteiger partial charge in [-0.15, -0.1) is 0 Å². The molecule has 0 heterocycles. The lowest BCUT2D eigenvalue weighted by Gasteiger charge is -2.44. The number of rotatable bonds is 5. The van der Waals surface area contributed by atoms with Crippen LogP contribution in [0.2, 0.25) is 0 Å². The molecule has 1 aliphatic carbocycles. The molecule has 1 aliphatic rings. The Balaban J connectivity index is 2.79. The van der Waals surface area contributed by atoms with Gasteiger partial charge in [-0.2, -0.15) is 0 Å². The predicted octanol–water partition coefficient (Wildman–Crippen LogP) is 2.05. The van der Waals surface area contributed by atoms with Crippen LogP contribution in [0, 0.1) is 11.3 Å². The first-order valence-electron chi connectivity index (χ1n) is 6.29. The minimum Gasteiger partial charge on any atom is -0.479 e. The molecule has 2 atom stereocenters. The second-order valence-electron chi connectivity index (χ2n) is 6.08. The molecule has 0 aliphatic heterocycles. The topological polar surface area (TPSA) is 66.8 Å². The van der Waals surface area contributed by atoms with Gasteiger partial charge < -0.3 is 14.9 Å². The third-order valence-corrected chi connectivity index (χ3v) is 3.41. The van der Waals surface area contributed by atoms with Crippen LogP contribution in [0.4, 0.5) is 0 Å². The molecule has 100 valence electrons. The van der Waals surface area contributed by atoms with E-state index in [1.54, 1.807) is 0 Å². The third-order valence-electron chi connectivity index (χ3n) is 3.41. The van der Waals surface area contributed by atoms with Crippen LogP contribution < -0.4 is 0 Å². The SMILES string of the molecule is CC1CC(C)(C)CC(OCCCO)(C(=O)O)C1. The van der Waals surface area contributed by atoms with E-state index < -0.39 is 11.6 Å². The molecule has 1 saturated carbocycles. The van der Waals surface area contributed by atoms with Crippen LogP contribution in [0.15, 0.2) is 0 Å². The highest BCUT2D eigenvalue weighted by Crippen LogP contribution is 2.45. The molecular formula is C13H24O4. The zero-order chi connectivity index (χ0) is 13.1. The van der Waals surface area contributed by atoms with Crippen LogP contribution in [-0.2, 0) is 9.53 Å². The normalized spacial score (nSPS) is 32.4. The van der Waals surface area contributed by atoms with Gasteiger partial charge in [-0.05, 0) is 37.0 Å². The van der Waals surface area contributed by atoms with Gasteiger partial charge in [0.2, 0.25) is 0 Å². The van der Waals surface area contributed by atoms with Crippen molar-refractivity contribution in [1.29, 1.82) is 0 Å². The summed E-state index contributed by atoms with van der Waals surface area (Å²) in [6, 6.07) is 0. The molecule has 0 saturated heterocycles. The standard InChI is InChI=1S/C13H24O4/c1-10-7-12(2,3)9-13(8-10,11(15)16)17-6-4-5-14/h10,14H,4-9H2,1-3H3,(H,15,16). The highest BCUT2D eigenvalue weighted by Gasteiger charge is 2.49. The first-order valence-corrected chi connectivity index (χ1v) is 6.29. The lowest BCUT2D eigenvalue weighted by molar-refractivity contribution is -0.180. The summed E-state index contributed by atoms with van der Waals surface area (Å²) >= 11 is 0. The summed E-state index contributed by atoms with van der Waals surface area (Å²) in [6.45, 7) is 6.61. The van der Waals surface area contributed by atoms with Gasteiger partial charge in [0, 0.05) is 6.61 Å². The molecule has 4 nitrogen and oxygen atoms in total. The average Bonchev–Trinajstić information content (AvgIpc) is 2.14. The first kappa shape index (κ1) is 14.5. The molecule has 0 bridgehead atoms. The van der Waals surface area contributed by atoms with Gasteiger partial charge in [0.15, 0.2) is 5.60 Å². The lowest BCUT2D eigenvalue weighted by atomic mass is 9.65. The second kappa shape index (κ2) is 5.36. The molecule has 2 unspecified atom stereocenters. The number of aliphatic hydroxyl groups is 1. The van der Waals surface area contributed by atoms with Gasteiger partial charge in [-0.3, -0.25) is 0 Å². The molecule has 0 radical (unpaired) electrons. The van der Waals surface area contributed by atoms with Crippen LogP contribution >= 0.6 is 0 Å². The molecular weight excluding hydrogens is 220 g/mol. The van der Waals surface area contributed by atoms with E-state index in [1.165, 1.54) is 0 Å². The molecule has 1 fully saturated rings. The molecule has 1 rings (SSSR count). The zero-order valence-corrected chi connectivity index (χ0v) is 11.0. The van der Waals surface area contributed by atoms with E-state index in [0.29, 0.717) is 31.8 Å². The molecule has 0 spiro atoms. The highest BCUT2D eigenvalue weighted by molar-refractivity contribution is 5.77. The predicted molar refractivity (Wildman–Crippen MR) is 64.8 cm³/mol. The van der Waals surface area contributed by atoms with Crippen molar-refractivity contribution in [2.75, 3.05) is 13.2 Å². The summed E-state index contributed by atoms with van der Waals surface area (Å²) < 4.78 is 5.62. The molecule has 0 aromatic heterocycles. The molecule has 2 N–H and O–H groups in total. The smallest absolute Gasteiger partial charge is 0.335 e. The maximum Gasteiger partial charge on any atom is 0.335 e. The summed E-state index contributed by atoms with van der Waals surface area (Å²) in [5.41, 5.74) is -1.06. The fraction of sp³-hybridized carbons (Fsp3) is 0.923. The van der Waals surface area contributed by atoms with Crippen LogP contribution in [-0.4, -0.2) is 35.0 Å². The van der Waals surface area contributed by atoms with Crippen LogP contribution in [0.5, 0.6) is 0 Å². The number of aliphatic carboxylic acids is 1. The summed E-state index contributed by atoms with van der Waals surface area (Å²) in [7, 11) is 0. The van der Waals surface area contributed by atoms with Crippen molar-refractivity contribution >= 4 is 5.97 Å². The maximum atomic E-state index is 11.5. The number of ether oxygens (including phenoxy) is 1. The Bertz CT molecular complexity index is 275. The summed E-state index contributed by atoms with van der Waals surface area (Å²) in [5, 5.41) is 18.2. The number of carboxylic acid groups (broad SMARTS) is 1. The van der Waals surface area contributed by atoms with Crippen molar-refractivity contribution in [3.05, 3.63) is 0 Å². The number of carboxylic acids is 1. The number of hydrogen-bond acceptors (Lipinski definition) is 3. The van der Waals surface area contributed by atoms with Crippen molar-refractivity contribution in [1.82, 2.24) is 0 Å². The Labute approximate surface area is 103 Å². The Kier molecular flexibility index (Phi) is 4.55. The molecule has 4 heteroatoms. The van der Waals surface area contributed by atoms with Crippen LogP contribution in [0.25, 0.3) is 0 Å². The van der Waals surface area contributed by atoms with Crippen molar-refractivity contribution in [3.63, 3.8) is 0 Å². The van der Waals surface area contributed by atoms with Crippen molar-refractivity contribution in [3.8, 4) is 0 Å². The first-order chi connectivity index (χ1) is 7.81. The van der Waals surface area contributed by atoms with Gasteiger partial charge in [-0.25, -0.2) is 4.79 Å². The molecule has 0 amide bonds. The van der Waals surface area contributed by atoms with Crippen LogP contribution in [0.3, 0.4) is 0 Å². The lowest BCUT2D eigenvalue weighted by Crippen LogP contribution is -2.50. The van der Waals surface area contributed by atoms with Crippen molar-refractivity contribution in [2.45, 2.75) is 52.1 Å². The van der Waals surface area contributed by atoms with E-state index in [4.69, 9.17) is 9.84 Å². The zero-order valence-electron chi connectivity index (χ0n) is 11.0. The molecule has 17 heavy (non-hydrogen) atoms. The van der Waals surface area contributed by atoms with Crippen LogP contribution in [0.1, 0.15) is 46.5 Å². The quantitative estimate of drug-likeness (QED) is 0.726.